The average molecular weight is 144 g/mol. The van der Waals surface area contributed by atoms with Gasteiger partial charge in [0.05, 0.1) is 6.42 Å². The predicted molar refractivity (Wildman–Crippen MR) is 39.8 cm³/mol. The first-order valence-electron chi connectivity index (χ1n) is 2.97. The van der Waals surface area contributed by atoms with E-state index in [0.717, 1.165) is 0 Å². The van der Waals surface area contributed by atoms with E-state index in [9.17, 15) is 4.79 Å². The molecule has 0 saturated carbocycles. The van der Waals surface area contributed by atoms with Crippen LogP contribution in [0.25, 0.3) is 0 Å². The molecule has 52 valence electrons. The number of carbonyl (C=O) groups is 1. The van der Waals surface area contributed by atoms with Crippen molar-refractivity contribution < 1.29 is 9.22 Å². The van der Waals surface area contributed by atoms with E-state index in [4.69, 9.17) is 4.43 Å². The Kier molecular flexibility index (Phi) is 4.04. The van der Waals surface area contributed by atoms with Crippen molar-refractivity contribution in [1.29, 1.82) is 0 Å². The highest BCUT2D eigenvalue weighted by Gasteiger charge is 2.01. The minimum atomic E-state index is -1.16. The van der Waals surface area contributed by atoms with Crippen LogP contribution in [0.5, 0.6) is 0 Å². The molecule has 0 aromatic heterocycles. The number of hydrogen-bond acceptors (Lipinski definition) is 2. The zero-order valence-corrected chi connectivity index (χ0v) is 7.04. The third kappa shape index (κ3) is 5.30. The second-order valence-corrected chi connectivity index (χ2v) is 4.36. The molecule has 0 unspecified atom stereocenters. The largest absolute Gasteiger partial charge is 0.522 e. The van der Waals surface area contributed by atoms with Crippen LogP contribution in [0.1, 0.15) is 6.42 Å². The van der Waals surface area contributed by atoms with Gasteiger partial charge in [-0.1, -0.05) is 6.08 Å². The molecule has 2 nitrogen and oxygen atoms in total. The van der Waals surface area contributed by atoms with Gasteiger partial charge in [0.25, 0.3) is 5.97 Å². The molecular weight excluding hydrogens is 132 g/mol. The average Bonchev–Trinajstić information content (AvgIpc) is 1.63. The standard InChI is InChI=1S/C6H12O2Si/c1-4-5-6(7)8-9(2)3/h4,9H,1,5H2,2-3H3. The van der Waals surface area contributed by atoms with Crippen LogP contribution in [0.2, 0.25) is 13.1 Å². The van der Waals surface area contributed by atoms with Crippen molar-refractivity contribution in [3.8, 4) is 0 Å². The van der Waals surface area contributed by atoms with E-state index in [1.165, 1.54) is 0 Å². The molecule has 9 heavy (non-hydrogen) atoms. The SMILES string of the molecule is C=CCC(=O)O[SiH](C)C. The Morgan fingerprint density at radius 3 is 2.67 bits per heavy atom. The molecular formula is C6H12O2Si. The van der Waals surface area contributed by atoms with Crippen molar-refractivity contribution in [3.63, 3.8) is 0 Å². The summed E-state index contributed by atoms with van der Waals surface area (Å²) in [7, 11) is -1.16. The van der Waals surface area contributed by atoms with Crippen molar-refractivity contribution in [2.45, 2.75) is 19.5 Å². The van der Waals surface area contributed by atoms with E-state index >= 15 is 0 Å². The van der Waals surface area contributed by atoms with Crippen LogP contribution in [0.15, 0.2) is 12.7 Å². The van der Waals surface area contributed by atoms with Gasteiger partial charge >= 0.3 is 0 Å². The molecule has 0 aliphatic heterocycles. The molecule has 0 aliphatic carbocycles. The van der Waals surface area contributed by atoms with Crippen molar-refractivity contribution in [3.05, 3.63) is 12.7 Å². The van der Waals surface area contributed by atoms with E-state index in [-0.39, 0.29) is 5.97 Å². The molecule has 0 aromatic carbocycles. The smallest absolute Gasteiger partial charge is 0.296 e. The first-order valence-corrected chi connectivity index (χ1v) is 5.75. The lowest BCUT2D eigenvalue weighted by atomic mass is 10.4. The Morgan fingerprint density at radius 1 is 1.78 bits per heavy atom. The van der Waals surface area contributed by atoms with Crippen molar-refractivity contribution in [2.75, 3.05) is 0 Å². The lowest BCUT2D eigenvalue weighted by molar-refractivity contribution is -0.133. The maximum Gasteiger partial charge on any atom is 0.296 e. The number of hydrogen-bond donors (Lipinski definition) is 0. The molecule has 0 N–H and O–H groups in total. The summed E-state index contributed by atoms with van der Waals surface area (Å²) in [5.41, 5.74) is 0. The molecule has 3 heteroatoms. The molecule has 0 bridgehead atoms. The second kappa shape index (κ2) is 4.32. The van der Waals surface area contributed by atoms with Crippen LogP contribution < -0.4 is 0 Å². The van der Waals surface area contributed by atoms with E-state index in [1.54, 1.807) is 6.08 Å². The van der Waals surface area contributed by atoms with Crippen LogP contribution in [0.4, 0.5) is 0 Å². The van der Waals surface area contributed by atoms with Crippen molar-refractivity contribution in [2.24, 2.45) is 0 Å². The number of carbonyl (C=O) groups excluding carboxylic acids is 1. The quantitative estimate of drug-likeness (QED) is 0.438. The van der Waals surface area contributed by atoms with E-state index in [2.05, 4.69) is 6.58 Å². The summed E-state index contributed by atoms with van der Waals surface area (Å²) in [6.45, 7) is 7.34. The summed E-state index contributed by atoms with van der Waals surface area (Å²) < 4.78 is 4.92. The second-order valence-electron chi connectivity index (χ2n) is 2.03. The van der Waals surface area contributed by atoms with Crippen LogP contribution in [-0.4, -0.2) is 15.0 Å². The third-order valence-corrected chi connectivity index (χ3v) is 1.41. The van der Waals surface area contributed by atoms with Gasteiger partial charge in [0.2, 0.25) is 9.04 Å². The predicted octanol–water partition coefficient (Wildman–Crippen LogP) is 1.09. The van der Waals surface area contributed by atoms with Crippen LogP contribution in [-0.2, 0) is 9.22 Å². The molecule has 0 radical (unpaired) electrons. The van der Waals surface area contributed by atoms with Gasteiger partial charge in [0.1, 0.15) is 0 Å². The maximum absolute atomic E-state index is 10.6. The molecule has 0 atom stereocenters. The highest BCUT2D eigenvalue weighted by atomic mass is 28.3. The molecule has 0 spiro atoms. The molecule has 0 amide bonds. The fourth-order valence-electron chi connectivity index (χ4n) is 0.429. The van der Waals surface area contributed by atoms with Crippen LogP contribution >= 0.6 is 0 Å². The van der Waals surface area contributed by atoms with Gasteiger partial charge in [-0.05, 0) is 13.1 Å². The van der Waals surface area contributed by atoms with Crippen LogP contribution in [0.3, 0.4) is 0 Å². The number of rotatable bonds is 3. The zero-order chi connectivity index (χ0) is 7.28. The molecule has 0 fully saturated rings. The van der Waals surface area contributed by atoms with Gasteiger partial charge in [0.15, 0.2) is 0 Å². The summed E-state index contributed by atoms with van der Waals surface area (Å²) in [6, 6.07) is 0. The summed E-state index contributed by atoms with van der Waals surface area (Å²) >= 11 is 0. The lowest BCUT2D eigenvalue weighted by Crippen LogP contribution is -2.13. The first kappa shape index (κ1) is 8.43. The van der Waals surface area contributed by atoms with Gasteiger partial charge in [0, 0.05) is 0 Å². The fraction of sp³-hybridized carbons (Fsp3) is 0.500. The minimum Gasteiger partial charge on any atom is -0.522 e. The molecule has 0 aromatic rings. The Bertz CT molecular complexity index is 110. The molecule has 0 saturated heterocycles. The molecule has 0 rings (SSSR count). The Labute approximate surface area is 57.3 Å². The summed E-state index contributed by atoms with van der Waals surface area (Å²) in [5, 5.41) is 0. The van der Waals surface area contributed by atoms with Crippen molar-refractivity contribution in [1.82, 2.24) is 0 Å². The van der Waals surface area contributed by atoms with Gasteiger partial charge in [-0.15, -0.1) is 6.58 Å². The van der Waals surface area contributed by atoms with Gasteiger partial charge in [-0.25, -0.2) is 0 Å². The Morgan fingerprint density at radius 2 is 2.33 bits per heavy atom. The monoisotopic (exact) mass is 144 g/mol. The fourth-order valence-corrected chi connectivity index (χ4v) is 1.05. The highest BCUT2D eigenvalue weighted by molar-refractivity contribution is 6.50. The first-order chi connectivity index (χ1) is 4.16. The molecule has 0 heterocycles. The normalized spacial score (nSPS) is 9.22. The highest BCUT2D eigenvalue weighted by Crippen LogP contribution is 1.89. The Hall–Kier alpha value is -0.573. The van der Waals surface area contributed by atoms with E-state index in [0.29, 0.717) is 6.42 Å². The minimum absolute atomic E-state index is 0.147. The van der Waals surface area contributed by atoms with E-state index in [1.807, 2.05) is 13.1 Å². The van der Waals surface area contributed by atoms with Gasteiger partial charge < -0.3 is 4.43 Å². The van der Waals surface area contributed by atoms with Crippen LogP contribution in [0, 0.1) is 0 Å². The summed E-state index contributed by atoms with van der Waals surface area (Å²) in [6.07, 6.45) is 1.89. The zero-order valence-electron chi connectivity index (χ0n) is 5.89. The Balaban J connectivity index is 3.38. The maximum atomic E-state index is 10.6. The van der Waals surface area contributed by atoms with Gasteiger partial charge in [-0.2, -0.15) is 0 Å². The third-order valence-electron chi connectivity index (χ3n) is 0.678. The summed E-state index contributed by atoms with van der Waals surface area (Å²) in [5.74, 6) is -0.147. The van der Waals surface area contributed by atoms with Crippen molar-refractivity contribution >= 4 is 15.0 Å². The van der Waals surface area contributed by atoms with E-state index < -0.39 is 9.04 Å². The van der Waals surface area contributed by atoms with Gasteiger partial charge in [-0.3, -0.25) is 4.79 Å². The topological polar surface area (TPSA) is 26.3 Å². The molecule has 0 aliphatic rings. The summed E-state index contributed by atoms with van der Waals surface area (Å²) in [4.78, 5) is 10.6. The lowest BCUT2D eigenvalue weighted by Gasteiger charge is -2.03.